The van der Waals surface area contributed by atoms with Crippen molar-refractivity contribution in [3.05, 3.63) is 75.3 Å². The van der Waals surface area contributed by atoms with Crippen molar-refractivity contribution in [2.24, 2.45) is 0 Å². The summed E-state index contributed by atoms with van der Waals surface area (Å²) in [5.41, 5.74) is 0.728. The van der Waals surface area contributed by atoms with Gasteiger partial charge in [0.1, 0.15) is 11.5 Å². The van der Waals surface area contributed by atoms with E-state index >= 15 is 0 Å². The van der Waals surface area contributed by atoms with E-state index in [2.05, 4.69) is 4.90 Å². The van der Waals surface area contributed by atoms with Crippen LogP contribution in [0.2, 0.25) is 0 Å². The Kier molecular flexibility index (Phi) is 7.44. The Morgan fingerprint density at radius 3 is 2.21 bits per heavy atom. The summed E-state index contributed by atoms with van der Waals surface area (Å²) in [6, 6.07) is 11.3. The lowest BCUT2D eigenvalue weighted by Crippen LogP contribution is -2.38. The van der Waals surface area contributed by atoms with Gasteiger partial charge in [0.25, 0.3) is 17.4 Å². The number of nitrogens with zero attached hydrogens (tertiary/aromatic N) is 3. The van der Waals surface area contributed by atoms with Crippen LogP contribution in [-0.4, -0.2) is 64.8 Å². The number of nitro benzene ring substituents is 1. The van der Waals surface area contributed by atoms with Crippen molar-refractivity contribution in [2.45, 2.75) is 19.9 Å². The first-order valence-electron chi connectivity index (χ1n) is 10.7. The predicted molar refractivity (Wildman–Crippen MR) is 123 cm³/mol. The Morgan fingerprint density at radius 2 is 1.70 bits per heavy atom. The highest BCUT2D eigenvalue weighted by Crippen LogP contribution is 2.39. The fourth-order valence-corrected chi connectivity index (χ4v) is 3.93. The molecule has 0 spiro atoms. The molecule has 1 saturated heterocycles. The Hall–Kier alpha value is -3.72. The average Bonchev–Trinajstić information content (AvgIpc) is 3.09. The van der Waals surface area contributed by atoms with Gasteiger partial charge in [-0.3, -0.25) is 19.7 Å². The number of aliphatic hydroxyl groups excluding tert-OH is 1. The molecule has 1 aliphatic rings. The summed E-state index contributed by atoms with van der Waals surface area (Å²) in [6.07, 6.45) is 0. The van der Waals surface area contributed by atoms with Gasteiger partial charge in [-0.1, -0.05) is 13.8 Å². The van der Waals surface area contributed by atoms with Crippen LogP contribution in [0.15, 0.2) is 54.1 Å². The predicted octanol–water partition coefficient (Wildman–Crippen LogP) is 3.37. The number of methoxy groups -OCH3 is 1. The van der Waals surface area contributed by atoms with Crippen molar-refractivity contribution in [1.29, 1.82) is 0 Å². The monoisotopic (exact) mass is 453 g/mol. The second-order valence-corrected chi connectivity index (χ2v) is 7.60. The van der Waals surface area contributed by atoms with Crippen molar-refractivity contribution in [1.82, 2.24) is 9.80 Å². The maximum absolute atomic E-state index is 13.0. The lowest BCUT2D eigenvalue weighted by molar-refractivity contribution is -0.384. The van der Waals surface area contributed by atoms with E-state index in [0.717, 1.165) is 13.1 Å². The van der Waals surface area contributed by atoms with Crippen LogP contribution >= 0.6 is 0 Å². The molecule has 1 N–H and O–H groups in total. The van der Waals surface area contributed by atoms with Gasteiger partial charge in [-0.15, -0.1) is 0 Å². The van der Waals surface area contributed by atoms with Crippen LogP contribution in [-0.2, 0) is 9.59 Å². The van der Waals surface area contributed by atoms with Crippen molar-refractivity contribution in [2.75, 3.05) is 33.3 Å². The summed E-state index contributed by atoms with van der Waals surface area (Å²) in [6.45, 7) is 6.41. The lowest BCUT2D eigenvalue weighted by atomic mass is 9.95. The van der Waals surface area contributed by atoms with E-state index in [4.69, 9.17) is 4.74 Å². The molecule has 0 unspecified atom stereocenters. The smallest absolute Gasteiger partial charge is 0.295 e. The van der Waals surface area contributed by atoms with Crippen LogP contribution < -0.4 is 4.74 Å². The van der Waals surface area contributed by atoms with Gasteiger partial charge in [0, 0.05) is 30.8 Å². The minimum Gasteiger partial charge on any atom is -0.507 e. The number of aliphatic hydroxyl groups is 1. The quantitative estimate of drug-likeness (QED) is 0.204. The fraction of sp³-hybridized carbons (Fsp3) is 0.333. The van der Waals surface area contributed by atoms with E-state index in [0.29, 0.717) is 23.4 Å². The number of hydrogen-bond acceptors (Lipinski definition) is 7. The van der Waals surface area contributed by atoms with Gasteiger partial charge < -0.3 is 19.6 Å². The number of likely N-dealkylation sites (tertiary alicyclic amines) is 1. The molecule has 1 amide bonds. The third-order valence-electron chi connectivity index (χ3n) is 5.87. The number of rotatable bonds is 9. The number of non-ortho nitro benzene ring substituents is 1. The summed E-state index contributed by atoms with van der Waals surface area (Å²) in [5.74, 6) is -1.21. The lowest BCUT2D eigenvalue weighted by Gasteiger charge is -2.28. The summed E-state index contributed by atoms with van der Waals surface area (Å²) in [4.78, 5) is 40.1. The molecule has 2 aromatic carbocycles. The number of carbonyl (C=O) groups excluding carboxylic acids is 2. The molecule has 33 heavy (non-hydrogen) atoms. The van der Waals surface area contributed by atoms with E-state index in [9.17, 15) is 24.8 Å². The van der Waals surface area contributed by atoms with Gasteiger partial charge in [0.2, 0.25) is 0 Å². The first kappa shape index (κ1) is 23.9. The van der Waals surface area contributed by atoms with Crippen LogP contribution in [0.5, 0.6) is 5.75 Å². The Morgan fingerprint density at radius 1 is 1.09 bits per heavy atom. The Labute approximate surface area is 192 Å². The zero-order chi connectivity index (χ0) is 24.1. The summed E-state index contributed by atoms with van der Waals surface area (Å²) < 4.78 is 5.14. The fourth-order valence-electron chi connectivity index (χ4n) is 3.93. The van der Waals surface area contributed by atoms with E-state index in [1.807, 2.05) is 13.8 Å². The molecule has 9 nitrogen and oxygen atoms in total. The van der Waals surface area contributed by atoms with Gasteiger partial charge >= 0.3 is 0 Å². The van der Waals surface area contributed by atoms with Crippen molar-refractivity contribution in [3.8, 4) is 5.75 Å². The standard InChI is InChI=1S/C24H27N3O6/c1-4-25(5-2)14-15-26-21(16-6-10-18(11-7-16)27(31)32)20(23(29)24(26)30)22(28)17-8-12-19(33-3)13-9-17/h6-13,21,28H,4-5,14-15H2,1-3H3/b22-20+/t21-/m1/s1. The maximum Gasteiger partial charge on any atom is 0.295 e. The van der Waals surface area contributed by atoms with Crippen LogP contribution in [0.25, 0.3) is 5.76 Å². The highest BCUT2D eigenvalue weighted by atomic mass is 16.6. The first-order valence-corrected chi connectivity index (χ1v) is 10.7. The third kappa shape index (κ3) is 4.88. The summed E-state index contributed by atoms with van der Waals surface area (Å²) in [5, 5.41) is 22.1. The van der Waals surface area contributed by atoms with E-state index in [-0.39, 0.29) is 23.6 Å². The number of benzene rings is 2. The molecule has 0 radical (unpaired) electrons. The van der Waals surface area contributed by atoms with E-state index < -0.39 is 22.7 Å². The molecular formula is C24H27N3O6. The SMILES string of the molecule is CCN(CC)CCN1C(=O)C(=O)/C(=C(/O)c2ccc(OC)cc2)[C@H]1c1ccc([N+](=O)[O-])cc1. The second kappa shape index (κ2) is 10.3. The number of nitro groups is 1. The number of amides is 1. The molecule has 9 heteroatoms. The van der Waals surface area contributed by atoms with Crippen molar-refractivity contribution in [3.63, 3.8) is 0 Å². The van der Waals surface area contributed by atoms with Gasteiger partial charge in [-0.05, 0) is 55.1 Å². The first-order chi connectivity index (χ1) is 15.8. The molecule has 3 rings (SSSR count). The molecular weight excluding hydrogens is 426 g/mol. The van der Waals surface area contributed by atoms with Crippen LogP contribution in [0.1, 0.15) is 31.0 Å². The molecule has 0 aliphatic carbocycles. The number of likely N-dealkylation sites (N-methyl/N-ethyl adjacent to an activating group) is 1. The molecule has 1 heterocycles. The molecule has 2 aromatic rings. The largest absolute Gasteiger partial charge is 0.507 e. The molecule has 1 fully saturated rings. The molecule has 0 saturated carbocycles. The molecule has 0 bridgehead atoms. The number of ketones is 1. The topological polar surface area (TPSA) is 113 Å². The number of hydrogen-bond donors (Lipinski definition) is 1. The third-order valence-corrected chi connectivity index (χ3v) is 5.87. The second-order valence-electron chi connectivity index (χ2n) is 7.60. The Balaban J connectivity index is 2.09. The maximum atomic E-state index is 13.0. The van der Waals surface area contributed by atoms with Crippen molar-refractivity contribution < 1.29 is 24.4 Å². The minimum absolute atomic E-state index is 0.0430. The molecule has 174 valence electrons. The van der Waals surface area contributed by atoms with Gasteiger partial charge in [0.15, 0.2) is 0 Å². The number of carbonyl (C=O) groups is 2. The molecule has 1 aliphatic heterocycles. The normalized spacial score (nSPS) is 17.6. The number of Topliss-reactive ketones (excluding diaryl/α,β-unsaturated/α-hetero) is 1. The van der Waals surface area contributed by atoms with Crippen LogP contribution in [0, 0.1) is 10.1 Å². The van der Waals surface area contributed by atoms with Gasteiger partial charge in [0.05, 0.1) is 23.6 Å². The average molecular weight is 453 g/mol. The van der Waals surface area contributed by atoms with Crippen LogP contribution in [0.4, 0.5) is 5.69 Å². The van der Waals surface area contributed by atoms with Gasteiger partial charge in [-0.25, -0.2) is 0 Å². The van der Waals surface area contributed by atoms with Crippen molar-refractivity contribution >= 4 is 23.1 Å². The molecule has 1 atom stereocenters. The minimum atomic E-state index is -0.858. The summed E-state index contributed by atoms with van der Waals surface area (Å²) >= 11 is 0. The zero-order valence-electron chi connectivity index (χ0n) is 18.9. The van der Waals surface area contributed by atoms with Crippen LogP contribution in [0.3, 0.4) is 0 Å². The van der Waals surface area contributed by atoms with E-state index in [1.165, 1.54) is 36.3 Å². The van der Waals surface area contributed by atoms with E-state index in [1.54, 1.807) is 24.3 Å². The summed E-state index contributed by atoms with van der Waals surface area (Å²) in [7, 11) is 1.52. The highest BCUT2D eigenvalue weighted by molar-refractivity contribution is 6.46. The zero-order valence-corrected chi connectivity index (χ0v) is 18.9. The highest BCUT2D eigenvalue weighted by Gasteiger charge is 2.46. The Bertz CT molecular complexity index is 1060. The van der Waals surface area contributed by atoms with Gasteiger partial charge in [-0.2, -0.15) is 0 Å². The number of ether oxygens (including phenoxy) is 1. The molecule has 0 aromatic heterocycles.